The first kappa shape index (κ1) is 13.8. The smallest absolute Gasteiger partial charge is 0.0543 e. The summed E-state index contributed by atoms with van der Waals surface area (Å²) in [6.45, 7) is 15.7. The largest absolute Gasteiger partial charge is 0.268 e. The van der Waals surface area contributed by atoms with E-state index in [9.17, 15) is 0 Å². The van der Waals surface area contributed by atoms with Crippen LogP contribution in [0.4, 0.5) is 0 Å². The topological polar surface area (TPSA) is 15.6 Å². The molecule has 0 heterocycles. The maximum absolute atomic E-state index is 3.85. The SMILES string of the molecule is C=NN(/C=C\C)C(C)(C)C.CC. The van der Waals surface area contributed by atoms with Gasteiger partial charge in [-0.2, -0.15) is 5.10 Å². The Balaban J connectivity index is 0. The van der Waals surface area contributed by atoms with Gasteiger partial charge >= 0.3 is 0 Å². The van der Waals surface area contributed by atoms with Crippen molar-refractivity contribution in [3.8, 4) is 0 Å². The first-order chi connectivity index (χ1) is 5.52. The van der Waals surface area contributed by atoms with Gasteiger partial charge in [0.25, 0.3) is 0 Å². The third-order valence-corrected chi connectivity index (χ3v) is 1.13. The van der Waals surface area contributed by atoms with Crippen LogP contribution in [0.2, 0.25) is 0 Å². The summed E-state index contributed by atoms with van der Waals surface area (Å²) < 4.78 is 0. The molecular weight excluding hydrogens is 148 g/mol. The van der Waals surface area contributed by atoms with E-state index < -0.39 is 0 Å². The lowest BCUT2D eigenvalue weighted by atomic mass is 10.1. The van der Waals surface area contributed by atoms with Gasteiger partial charge in [-0.25, -0.2) is 0 Å². The molecule has 0 atom stereocenters. The van der Waals surface area contributed by atoms with Crippen molar-refractivity contribution in [2.45, 2.75) is 47.1 Å². The second kappa shape index (κ2) is 6.89. The number of allylic oxidation sites excluding steroid dienone is 1. The van der Waals surface area contributed by atoms with Crippen LogP contribution < -0.4 is 0 Å². The molecule has 0 saturated carbocycles. The normalized spacial score (nSPS) is 10.5. The minimum absolute atomic E-state index is 0.0360. The molecule has 0 saturated heterocycles. The van der Waals surface area contributed by atoms with Gasteiger partial charge < -0.3 is 0 Å². The quantitative estimate of drug-likeness (QED) is 0.459. The van der Waals surface area contributed by atoms with Crippen molar-refractivity contribution in [1.29, 1.82) is 0 Å². The molecule has 0 rings (SSSR count). The first-order valence-electron chi connectivity index (χ1n) is 4.41. The van der Waals surface area contributed by atoms with Crippen molar-refractivity contribution in [2.75, 3.05) is 0 Å². The molecule has 0 aromatic carbocycles. The molecule has 0 aliphatic heterocycles. The lowest BCUT2D eigenvalue weighted by Gasteiger charge is -2.29. The van der Waals surface area contributed by atoms with E-state index >= 15 is 0 Å². The van der Waals surface area contributed by atoms with Crippen LogP contribution in [0.3, 0.4) is 0 Å². The predicted octanol–water partition coefficient (Wildman–Crippen LogP) is 3.26. The van der Waals surface area contributed by atoms with Crippen LogP contribution in [-0.4, -0.2) is 17.3 Å². The zero-order chi connectivity index (χ0) is 10.2. The summed E-state index contributed by atoms with van der Waals surface area (Å²) in [5.74, 6) is 0. The van der Waals surface area contributed by atoms with Gasteiger partial charge in [0.05, 0.1) is 5.54 Å². The summed E-state index contributed by atoms with van der Waals surface area (Å²) in [7, 11) is 0. The highest BCUT2D eigenvalue weighted by Gasteiger charge is 2.15. The van der Waals surface area contributed by atoms with Gasteiger partial charge in [-0.15, -0.1) is 0 Å². The van der Waals surface area contributed by atoms with Crippen LogP contribution >= 0.6 is 0 Å². The maximum atomic E-state index is 3.85. The number of hydrogen-bond acceptors (Lipinski definition) is 2. The summed E-state index contributed by atoms with van der Waals surface area (Å²) in [6.07, 6.45) is 3.85. The molecule has 72 valence electrons. The number of nitrogens with zero attached hydrogens (tertiary/aromatic N) is 2. The Labute approximate surface area is 77.0 Å². The van der Waals surface area contributed by atoms with E-state index in [0.717, 1.165) is 0 Å². The lowest BCUT2D eigenvalue weighted by molar-refractivity contribution is 0.216. The van der Waals surface area contributed by atoms with Crippen molar-refractivity contribution in [2.24, 2.45) is 5.10 Å². The van der Waals surface area contributed by atoms with Gasteiger partial charge in [-0.05, 0) is 27.7 Å². The Hall–Kier alpha value is -0.790. The van der Waals surface area contributed by atoms with E-state index in [1.54, 1.807) is 0 Å². The van der Waals surface area contributed by atoms with E-state index in [1.807, 2.05) is 38.1 Å². The van der Waals surface area contributed by atoms with Crippen LogP contribution in [0.5, 0.6) is 0 Å². The van der Waals surface area contributed by atoms with E-state index in [2.05, 4.69) is 32.6 Å². The zero-order valence-corrected chi connectivity index (χ0v) is 9.26. The monoisotopic (exact) mass is 170 g/mol. The molecule has 2 heteroatoms. The fraction of sp³-hybridized carbons (Fsp3) is 0.700. The first-order valence-corrected chi connectivity index (χ1v) is 4.41. The molecule has 0 aromatic heterocycles. The molecule has 0 unspecified atom stereocenters. The van der Waals surface area contributed by atoms with Gasteiger partial charge in [-0.1, -0.05) is 19.9 Å². The van der Waals surface area contributed by atoms with Crippen LogP contribution in [0.25, 0.3) is 0 Å². The third-order valence-electron chi connectivity index (χ3n) is 1.13. The van der Waals surface area contributed by atoms with Gasteiger partial charge in [-0.3, -0.25) is 5.01 Å². The minimum Gasteiger partial charge on any atom is -0.268 e. The maximum Gasteiger partial charge on any atom is 0.0543 e. The third kappa shape index (κ3) is 5.96. The molecule has 0 N–H and O–H groups in total. The Morgan fingerprint density at radius 3 is 1.75 bits per heavy atom. The van der Waals surface area contributed by atoms with Crippen LogP contribution in [0, 0.1) is 0 Å². The van der Waals surface area contributed by atoms with Gasteiger partial charge in [0.2, 0.25) is 0 Å². The highest BCUT2D eigenvalue weighted by Crippen LogP contribution is 2.12. The molecule has 0 spiro atoms. The highest BCUT2D eigenvalue weighted by atomic mass is 15.5. The summed E-state index contributed by atoms with van der Waals surface area (Å²) in [4.78, 5) is 0. The summed E-state index contributed by atoms with van der Waals surface area (Å²) in [5.41, 5.74) is 0.0360. The molecule has 12 heavy (non-hydrogen) atoms. The second-order valence-electron chi connectivity index (χ2n) is 3.14. The summed E-state index contributed by atoms with van der Waals surface area (Å²) in [5, 5.41) is 5.67. The number of rotatable bonds is 2. The van der Waals surface area contributed by atoms with Gasteiger partial charge in [0.1, 0.15) is 0 Å². The van der Waals surface area contributed by atoms with Crippen LogP contribution in [0.1, 0.15) is 41.5 Å². The molecule has 0 aliphatic carbocycles. The predicted molar refractivity (Wildman–Crippen MR) is 57.3 cm³/mol. The van der Waals surface area contributed by atoms with Gasteiger partial charge in [0.15, 0.2) is 0 Å². The van der Waals surface area contributed by atoms with Gasteiger partial charge in [0, 0.05) is 12.9 Å². The highest BCUT2D eigenvalue weighted by molar-refractivity contribution is 5.23. The van der Waals surface area contributed by atoms with Crippen molar-refractivity contribution in [3.63, 3.8) is 0 Å². The Kier molecular flexibility index (Phi) is 7.91. The zero-order valence-electron chi connectivity index (χ0n) is 9.26. The van der Waals surface area contributed by atoms with Crippen molar-refractivity contribution >= 4 is 6.72 Å². The molecule has 0 amide bonds. The summed E-state index contributed by atoms with van der Waals surface area (Å²) >= 11 is 0. The Morgan fingerprint density at radius 1 is 1.25 bits per heavy atom. The summed E-state index contributed by atoms with van der Waals surface area (Å²) in [6, 6.07) is 0. The van der Waals surface area contributed by atoms with E-state index in [-0.39, 0.29) is 5.54 Å². The lowest BCUT2D eigenvalue weighted by Crippen LogP contribution is -2.32. The molecule has 2 nitrogen and oxygen atoms in total. The van der Waals surface area contributed by atoms with Crippen molar-refractivity contribution < 1.29 is 0 Å². The second-order valence-corrected chi connectivity index (χ2v) is 3.14. The van der Waals surface area contributed by atoms with Crippen LogP contribution in [-0.2, 0) is 0 Å². The van der Waals surface area contributed by atoms with Crippen molar-refractivity contribution in [1.82, 2.24) is 5.01 Å². The molecule has 0 aromatic rings. The van der Waals surface area contributed by atoms with Crippen molar-refractivity contribution in [3.05, 3.63) is 12.3 Å². The molecule has 0 bridgehead atoms. The fourth-order valence-corrected chi connectivity index (χ4v) is 0.624. The molecule has 0 radical (unpaired) electrons. The Morgan fingerprint density at radius 2 is 1.67 bits per heavy atom. The Bertz CT molecular complexity index is 131. The van der Waals surface area contributed by atoms with E-state index in [1.165, 1.54) is 0 Å². The van der Waals surface area contributed by atoms with E-state index in [4.69, 9.17) is 0 Å². The van der Waals surface area contributed by atoms with Crippen LogP contribution in [0.15, 0.2) is 17.4 Å². The number of hydrazone groups is 1. The minimum atomic E-state index is 0.0360. The molecule has 0 fully saturated rings. The van der Waals surface area contributed by atoms with E-state index in [0.29, 0.717) is 0 Å². The standard InChI is InChI=1S/C8H16N2.C2H6/c1-6-7-10(9-5)8(2,3)4;1-2/h6-7H,5H2,1-4H3;1-2H3/b7-6-;. The average Bonchev–Trinajstić information content (AvgIpc) is 2.02. The average molecular weight is 170 g/mol. The molecule has 0 aliphatic rings. The number of hydrogen-bond donors (Lipinski definition) is 0. The fourth-order valence-electron chi connectivity index (χ4n) is 0.624. The molecular formula is C10H22N2.